The molecule has 0 aliphatic carbocycles. The first-order chi connectivity index (χ1) is 10.0. The molecule has 6 heteroatoms. The van der Waals surface area contributed by atoms with Crippen LogP contribution in [0.2, 0.25) is 0 Å². The molecule has 0 unspecified atom stereocenters. The van der Waals surface area contributed by atoms with E-state index in [4.69, 9.17) is 4.74 Å². The van der Waals surface area contributed by atoms with Crippen molar-refractivity contribution < 1.29 is 13.9 Å². The lowest BCUT2D eigenvalue weighted by molar-refractivity contribution is 0.102. The summed E-state index contributed by atoms with van der Waals surface area (Å²) in [5.74, 6) is -1.10. The molecule has 0 fully saturated rings. The van der Waals surface area contributed by atoms with Crippen molar-refractivity contribution in [2.75, 3.05) is 12.4 Å². The molecule has 2 aromatic carbocycles. The van der Waals surface area contributed by atoms with Crippen molar-refractivity contribution in [3.63, 3.8) is 0 Å². The quantitative estimate of drug-likeness (QED) is 0.780. The summed E-state index contributed by atoms with van der Waals surface area (Å²) in [6.07, 6.45) is 0. The largest absolute Gasteiger partial charge is 0.380 e. The van der Waals surface area contributed by atoms with Crippen molar-refractivity contribution in [2.24, 2.45) is 0 Å². The Kier molecular flexibility index (Phi) is 5.50. The highest BCUT2D eigenvalue weighted by Gasteiger charge is 2.17. The van der Waals surface area contributed by atoms with Crippen LogP contribution in [0, 0.1) is 5.82 Å². The fourth-order valence-corrected chi connectivity index (χ4v) is 2.87. The Morgan fingerprint density at radius 1 is 1.19 bits per heavy atom. The maximum Gasteiger partial charge on any atom is 0.259 e. The number of hydrogen-bond donors (Lipinski definition) is 1. The Morgan fingerprint density at radius 2 is 1.86 bits per heavy atom. The molecule has 0 atom stereocenters. The zero-order valence-electron chi connectivity index (χ0n) is 11.1. The molecule has 0 heterocycles. The smallest absolute Gasteiger partial charge is 0.259 e. The lowest BCUT2D eigenvalue weighted by Crippen LogP contribution is -2.16. The lowest BCUT2D eigenvalue weighted by atomic mass is 10.1. The highest BCUT2D eigenvalue weighted by molar-refractivity contribution is 9.10. The molecule has 2 rings (SSSR count). The molecule has 0 saturated carbocycles. The van der Waals surface area contributed by atoms with Gasteiger partial charge < -0.3 is 10.1 Å². The van der Waals surface area contributed by atoms with Crippen molar-refractivity contribution >= 4 is 43.5 Å². The topological polar surface area (TPSA) is 38.3 Å². The second-order valence-electron chi connectivity index (χ2n) is 4.25. The predicted octanol–water partition coefficient (Wildman–Crippen LogP) is 4.75. The summed E-state index contributed by atoms with van der Waals surface area (Å²) in [5.41, 5.74) is 1.34. The SMILES string of the molecule is COCc1c(Br)cccc1NC(=O)c1c(F)cccc1Br. The average molecular weight is 417 g/mol. The number of nitrogens with one attached hydrogen (secondary N) is 1. The summed E-state index contributed by atoms with van der Waals surface area (Å²) in [5, 5.41) is 2.72. The summed E-state index contributed by atoms with van der Waals surface area (Å²) in [4.78, 5) is 12.3. The van der Waals surface area contributed by atoms with Crippen LogP contribution in [-0.2, 0) is 11.3 Å². The van der Waals surface area contributed by atoms with Gasteiger partial charge in [-0.1, -0.05) is 28.1 Å². The predicted molar refractivity (Wildman–Crippen MR) is 86.9 cm³/mol. The second kappa shape index (κ2) is 7.15. The molecular weight excluding hydrogens is 405 g/mol. The van der Waals surface area contributed by atoms with E-state index in [-0.39, 0.29) is 5.56 Å². The van der Waals surface area contributed by atoms with Crippen LogP contribution >= 0.6 is 31.9 Å². The molecule has 1 amide bonds. The van der Waals surface area contributed by atoms with Crippen molar-refractivity contribution in [3.05, 3.63) is 62.3 Å². The van der Waals surface area contributed by atoms with Gasteiger partial charge in [0.25, 0.3) is 5.91 Å². The van der Waals surface area contributed by atoms with Gasteiger partial charge in [-0.2, -0.15) is 0 Å². The minimum Gasteiger partial charge on any atom is -0.380 e. The van der Waals surface area contributed by atoms with E-state index in [0.29, 0.717) is 16.8 Å². The molecule has 0 bridgehead atoms. The van der Waals surface area contributed by atoms with E-state index >= 15 is 0 Å². The van der Waals surface area contributed by atoms with Crippen molar-refractivity contribution in [1.29, 1.82) is 0 Å². The molecular formula is C15H12Br2FNO2. The highest BCUT2D eigenvalue weighted by Crippen LogP contribution is 2.27. The van der Waals surface area contributed by atoms with E-state index in [1.807, 2.05) is 6.07 Å². The zero-order chi connectivity index (χ0) is 15.4. The van der Waals surface area contributed by atoms with Gasteiger partial charge in [-0.15, -0.1) is 0 Å². The summed E-state index contributed by atoms with van der Waals surface area (Å²) in [6, 6.07) is 9.78. The third kappa shape index (κ3) is 3.70. The van der Waals surface area contributed by atoms with E-state index in [1.54, 1.807) is 25.3 Å². The van der Waals surface area contributed by atoms with Crippen molar-refractivity contribution in [1.82, 2.24) is 0 Å². The number of amides is 1. The van der Waals surface area contributed by atoms with Crippen LogP contribution in [0.5, 0.6) is 0 Å². The van der Waals surface area contributed by atoms with Crippen molar-refractivity contribution in [2.45, 2.75) is 6.61 Å². The van der Waals surface area contributed by atoms with Crippen LogP contribution in [0.15, 0.2) is 45.3 Å². The second-order valence-corrected chi connectivity index (χ2v) is 5.96. The zero-order valence-corrected chi connectivity index (χ0v) is 14.3. The molecule has 0 aliphatic heterocycles. The Labute approximate surface area is 138 Å². The van der Waals surface area contributed by atoms with Gasteiger partial charge >= 0.3 is 0 Å². The van der Waals surface area contributed by atoms with Crippen LogP contribution in [0.25, 0.3) is 0 Å². The lowest BCUT2D eigenvalue weighted by Gasteiger charge is -2.13. The number of carbonyl (C=O) groups is 1. The number of ether oxygens (including phenoxy) is 1. The fraction of sp³-hybridized carbons (Fsp3) is 0.133. The molecule has 0 aliphatic rings. The standard InChI is InChI=1S/C15H12Br2FNO2/c1-21-8-9-10(16)4-3-7-13(9)19-15(20)14-11(17)5-2-6-12(14)18/h2-7H,8H2,1H3,(H,19,20). The third-order valence-corrected chi connectivity index (χ3v) is 4.25. The van der Waals surface area contributed by atoms with E-state index < -0.39 is 11.7 Å². The summed E-state index contributed by atoms with van der Waals surface area (Å²) in [6.45, 7) is 0.329. The number of benzene rings is 2. The molecule has 0 spiro atoms. The molecule has 0 saturated heterocycles. The minimum absolute atomic E-state index is 0.0270. The van der Waals surface area contributed by atoms with E-state index in [0.717, 1.165) is 10.0 Å². The molecule has 21 heavy (non-hydrogen) atoms. The Hall–Kier alpha value is -1.24. The number of anilines is 1. The number of carbonyl (C=O) groups excluding carboxylic acids is 1. The van der Waals surface area contributed by atoms with Gasteiger partial charge in [0.15, 0.2) is 0 Å². The first-order valence-electron chi connectivity index (χ1n) is 6.06. The van der Waals surface area contributed by atoms with Crippen LogP contribution in [0.1, 0.15) is 15.9 Å². The van der Waals surface area contributed by atoms with Crippen LogP contribution in [-0.4, -0.2) is 13.0 Å². The summed E-state index contributed by atoms with van der Waals surface area (Å²) < 4.78 is 20.1. The number of hydrogen-bond acceptors (Lipinski definition) is 2. The monoisotopic (exact) mass is 415 g/mol. The average Bonchev–Trinajstić information content (AvgIpc) is 2.42. The van der Waals surface area contributed by atoms with E-state index in [2.05, 4.69) is 37.2 Å². The molecule has 2 aromatic rings. The first kappa shape index (κ1) is 16.1. The summed E-state index contributed by atoms with van der Waals surface area (Å²) >= 11 is 6.60. The number of methoxy groups -OCH3 is 1. The normalized spacial score (nSPS) is 10.5. The Bertz CT molecular complexity index is 656. The molecule has 110 valence electrons. The van der Waals surface area contributed by atoms with Gasteiger partial charge in [-0.3, -0.25) is 4.79 Å². The minimum atomic E-state index is -0.579. The Balaban J connectivity index is 2.34. The number of halogens is 3. The van der Waals surface area contributed by atoms with Gasteiger partial charge in [0.05, 0.1) is 12.2 Å². The Morgan fingerprint density at radius 3 is 2.52 bits per heavy atom. The highest BCUT2D eigenvalue weighted by atomic mass is 79.9. The van der Waals surface area contributed by atoms with Gasteiger partial charge in [-0.05, 0) is 40.2 Å². The maximum atomic E-state index is 13.8. The molecule has 0 radical (unpaired) electrons. The molecule has 3 nitrogen and oxygen atoms in total. The van der Waals surface area contributed by atoms with Gasteiger partial charge in [0, 0.05) is 27.3 Å². The third-order valence-electron chi connectivity index (χ3n) is 2.85. The molecule has 1 N–H and O–H groups in total. The van der Waals surface area contributed by atoms with E-state index in [1.165, 1.54) is 12.1 Å². The molecule has 0 aromatic heterocycles. The van der Waals surface area contributed by atoms with E-state index in [9.17, 15) is 9.18 Å². The van der Waals surface area contributed by atoms with Gasteiger partial charge in [-0.25, -0.2) is 4.39 Å². The van der Waals surface area contributed by atoms with Gasteiger partial charge in [0.2, 0.25) is 0 Å². The fourth-order valence-electron chi connectivity index (χ4n) is 1.87. The van der Waals surface area contributed by atoms with Crippen LogP contribution in [0.3, 0.4) is 0 Å². The van der Waals surface area contributed by atoms with Gasteiger partial charge in [0.1, 0.15) is 5.82 Å². The van der Waals surface area contributed by atoms with Crippen molar-refractivity contribution in [3.8, 4) is 0 Å². The maximum absolute atomic E-state index is 13.8. The number of rotatable bonds is 4. The van der Waals surface area contributed by atoms with Crippen LogP contribution in [0.4, 0.5) is 10.1 Å². The summed E-state index contributed by atoms with van der Waals surface area (Å²) in [7, 11) is 1.57. The first-order valence-corrected chi connectivity index (χ1v) is 7.65. The van der Waals surface area contributed by atoms with Crippen LogP contribution < -0.4 is 5.32 Å².